The maximum atomic E-state index is 12.3. The van der Waals surface area contributed by atoms with Crippen molar-refractivity contribution < 1.29 is 4.79 Å². The SMILES string of the molecule is Cc1cccc(CC(=O)N2CCN(C(C)C)CC2)c1. The van der Waals surface area contributed by atoms with Crippen LogP contribution in [0.2, 0.25) is 0 Å². The van der Waals surface area contributed by atoms with Crippen molar-refractivity contribution in [2.24, 2.45) is 0 Å². The molecule has 1 aliphatic rings. The lowest BCUT2D eigenvalue weighted by molar-refractivity contribution is -0.132. The van der Waals surface area contributed by atoms with Crippen molar-refractivity contribution in [3.63, 3.8) is 0 Å². The molecular formula is C16H24N2O. The van der Waals surface area contributed by atoms with Gasteiger partial charge in [-0.15, -0.1) is 0 Å². The highest BCUT2D eigenvalue weighted by Crippen LogP contribution is 2.10. The van der Waals surface area contributed by atoms with Crippen molar-refractivity contribution in [1.82, 2.24) is 9.80 Å². The summed E-state index contributed by atoms with van der Waals surface area (Å²) in [5.74, 6) is 0.258. The van der Waals surface area contributed by atoms with Crippen LogP contribution in [0.5, 0.6) is 0 Å². The molecule has 0 spiro atoms. The van der Waals surface area contributed by atoms with E-state index in [4.69, 9.17) is 0 Å². The third-order valence-corrected chi connectivity index (χ3v) is 3.84. The molecule has 1 aromatic rings. The summed E-state index contributed by atoms with van der Waals surface area (Å²) in [7, 11) is 0. The third kappa shape index (κ3) is 3.80. The highest BCUT2D eigenvalue weighted by atomic mass is 16.2. The van der Waals surface area contributed by atoms with Gasteiger partial charge in [0.15, 0.2) is 0 Å². The molecule has 0 bridgehead atoms. The number of carbonyl (C=O) groups is 1. The topological polar surface area (TPSA) is 23.6 Å². The van der Waals surface area contributed by atoms with Gasteiger partial charge in [0.1, 0.15) is 0 Å². The summed E-state index contributed by atoms with van der Waals surface area (Å²) in [6.45, 7) is 10.2. The van der Waals surface area contributed by atoms with E-state index in [1.54, 1.807) is 0 Å². The van der Waals surface area contributed by atoms with Gasteiger partial charge in [0.2, 0.25) is 5.91 Å². The van der Waals surface area contributed by atoms with Crippen LogP contribution in [0.1, 0.15) is 25.0 Å². The zero-order valence-corrected chi connectivity index (χ0v) is 12.2. The first kappa shape index (κ1) is 14.1. The Morgan fingerprint density at radius 2 is 1.89 bits per heavy atom. The van der Waals surface area contributed by atoms with E-state index in [1.165, 1.54) is 5.56 Å². The first-order chi connectivity index (χ1) is 9.06. The van der Waals surface area contributed by atoms with Gasteiger partial charge in [-0.05, 0) is 26.3 Å². The monoisotopic (exact) mass is 260 g/mol. The van der Waals surface area contributed by atoms with Crippen LogP contribution in [0.25, 0.3) is 0 Å². The van der Waals surface area contributed by atoms with Gasteiger partial charge in [-0.25, -0.2) is 0 Å². The van der Waals surface area contributed by atoms with Crippen molar-refractivity contribution >= 4 is 5.91 Å². The van der Waals surface area contributed by atoms with Gasteiger partial charge in [0, 0.05) is 32.2 Å². The Balaban J connectivity index is 1.88. The zero-order valence-electron chi connectivity index (χ0n) is 12.2. The van der Waals surface area contributed by atoms with E-state index in [1.807, 2.05) is 17.0 Å². The van der Waals surface area contributed by atoms with E-state index in [9.17, 15) is 4.79 Å². The first-order valence-electron chi connectivity index (χ1n) is 7.13. The van der Waals surface area contributed by atoms with E-state index in [2.05, 4.69) is 37.8 Å². The number of rotatable bonds is 3. The predicted octanol–water partition coefficient (Wildman–Crippen LogP) is 2.09. The maximum absolute atomic E-state index is 12.3. The number of amides is 1. The molecule has 0 radical (unpaired) electrons. The molecule has 104 valence electrons. The molecular weight excluding hydrogens is 236 g/mol. The molecule has 1 fully saturated rings. The molecule has 0 N–H and O–H groups in total. The summed E-state index contributed by atoms with van der Waals surface area (Å²) in [6, 6.07) is 8.80. The summed E-state index contributed by atoms with van der Waals surface area (Å²) < 4.78 is 0. The fourth-order valence-corrected chi connectivity index (χ4v) is 2.60. The lowest BCUT2D eigenvalue weighted by Crippen LogP contribution is -2.51. The Labute approximate surface area is 116 Å². The quantitative estimate of drug-likeness (QED) is 0.831. The summed E-state index contributed by atoms with van der Waals surface area (Å²) >= 11 is 0. The summed E-state index contributed by atoms with van der Waals surface area (Å²) in [4.78, 5) is 16.7. The first-order valence-corrected chi connectivity index (χ1v) is 7.13. The fourth-order valence-electron chi connectivity index (χ4n) is 2.60. The minimum absolute atomic E-state index is 0.258. The van der Waals surface area contributed by atoms with Gasteiger partial charge in [0.25, 0.3) is 0 Å². The van der Waals surface area contributed by atoms with Gasteiger partial charge in [-0.2, -0.15) is 0 Å². The third-order valence-electron chi connectivity index (χ3n) is 3.84. The van der Waals surface area contributed by atoms with E-state index >= 15 is 0 Å². The van der Waals surface area contributed by atoms with E-state index in [0.717, 1.165) is 31.7 Å². The molecule has 0 aromatic heterocycles. The summed E-state index contributed by atoms with van der Waals surface area (Å²) in [6.07, 6.45) is 0.531. The van der Waals surface area contributed by atoms with Crippen molar-refractivity contribution in [1.29, 1.82) is 0 Å². The van der Waals surface area contributed by atoms with Crippen molar-refractivity contribution in [3.05, 3.63) is 35.4 Å². The molecule has 3 heteroatoms. The summed E-state index contributed by atoms with van der Waals surface area (Å²) in [5.41, 5.74) is 2.34. The van der Waals surface area contributed by atoms with Gasteiger partial charge >= 0.3 is 0 Å². The molecule has 1 aliphatic heterocycles. The largest absolute Gasteiger partial charge is 0.340 e. The van der Waals surface area contributed by atoms with E-state index < -0.39 is 0 Å². The van der Waals surface area contributed by atoms with Crippen LogP contribution >= 0.6 is 0 Å². The second-order valence-corrected chi connectivity index (χ2v) is 5.68. The lowest BCUT2D eigenvalue weighted by atomic mass is 10.1. The second-order valence-electron chi connectivity index (χ2n) is 5.68. The number of aryl methyl sites for hydroxylation is 1. The smallest absolute Gasteiger partial charge is 0.227 e. The number of hydrogen-bond acceptors (Lipinski definition) is 2. The molecule has 2 rings (SSSR count). The molecule has 1 aromatic carbocycles. The Hall–Kier alpha value is -1.35. The number of hydrogen-bond donors (Lipinski definition) is 0. The Morgan fingerprint density at radius 1 is 1.21 bits per heavy atom. The average Bonchev–Trinajstić information content (AvgIpc) is 2.39. The van der Waals surface area contributed by atoms with Gasteiger partial charge in [0.05, 0.1) is 6.42 Å². The predicted molar refractivity (Wildman–Crippen MR) is 78.2 cm³/mol. The highest BCUT2D eigenvalue weighted by molar-refractivity contribution is 5.78. The average molecular weight is 260 g/mol. The molecule has 0 unspecified atom stereocenters. The standard InChI is InChI=1S/C16H24N2O/c1-13(2)17-7-9-18(10-8-17)16(19)12-15-6-4-5-14(3)11-15/h4-6,11,13H,7-10,12H2,1-3H3. The lowest BCUT2D eigenvalue weighted by Gasteiger charge is -2.37. The number of nitrogens with zero attached hydrogens (tertiary/aromatic N) is 2. The van der Waals surface area contributed by atoms with Crippen LogP contribution in [0, 0.1) is 6.92 Å². The number of benzene rings is 1. The molecule has 1 amide bonds. The van der Waals surface area contributed by atoms with Gasteiger partial charge < -0.3 is 4.90 Å². The van der Waals surface area contributed by atoms with Gasteiger partial charge in [-0.1, -0.05) is 29.8 Å². The van der Waals surface area contributed by atoms with Crippen LogP contribution in [0.3, 0.4) is 0 Å². The van der Waals surface area contributed by atoms with Crippen LogP contribution in [-0.4, -0.2) is 47.9 Å². The maximum Gasteiger partial charge on any atom is 0.227 e. The Morgan fingerprint density at radius 3 is 2.47 bits per heavy atom. The van der Waals surface area contributed by atoms with Crippen LogP contribution < -0.4 is 0 Å². The van der Waals surface area contributed by atoms with Crippen LogP contribution in [0.15, 0.2) is 24.3 Å². The zero-order chi connectivity index (χ0) is 13.8. The molecule has 0 saturated carbocycles. The highest BCUT2D eigenvalue weighted by Gasteiger charge is 2.22. The molecule has 3 nitrogen and oxygen atoms in total. The van der Waals surface area contributed by atoms with E-state index in [0.29, 0.717) is 12.5 Å². The minimum atomic E-state index is 0.258. The Kier molecular flexibility index (Phi) is 4.59. The molecule has 1 heterocycles. The normalized spacial score (nSPS) is 16.9. The fraction of sp³-hybridized carbons (Fsp3) is 0.562. The molecule has 19 heavy (non-hydrogen) atoms. The minimum Gasteiger partial charge on any atom is -0.340 e. The number of piperazine rings is 1. The van der Waals surface area contributed by atoms with Crippen molar-refractivity contribution in [2.75, 3.05) is 26.2 Å². The molecule has 0 aliphatic carbocycles. The second kappa shape index (κ2) is 6.20. The van der Waals surface area contributed by atoms with Crippen molar-refractivity contribution in [2.45, 2.75) is 33.2 Å². The van der Waals surface area contributed by atoms with Crippen LogP contribution in [-0.2, 0) is 11.2 Å². The van der Waals surface area contributed by atoms with E-state index in [-0.39, 0.29) is 5.91 Å². The molecule has 1 saturated heterocycles. The van der Waals surface area contributed by atoms with Crippen LogP contribution in [0.4, 0.5) is 0 Å². The molecule has 0 atom stereocenters. The Bertz CT molecular complexity index is 434. The number of carbonyl (C=O) groups excluding carboxylic acids is 1. The van der Waals surface area contributed by atoms with Gasteiger partial charge in [-0.3, -0.25) is 9.69 Å². The van der Waals surface area contributed by atoms with Crippen molar-refractivity contribution in [3.8, 4) is 0 Å². The summed E-state index contributed by atoms with van der Waals surface area (Å²) in [5, 5.41) is 0.